The maximum Gasteiger partial charge on any atom is 0.490 e. The Morgan fingerprint density at radius 3 is 1.67 bits per heavy atom. The first-order valence-corrected chi connectivity index (χ1v) is 14.1. The highest BCUT2D eigenvalue weighted by molar-refractivity contribution is 5.84. The molecule has 2 aromatic rings. The zero-order chi connectivity index (χ0) is 37.9. The van der Waals surface area contributed by atoms with E-state index in [1.165, 1.54) is 25.9 Å². The lowest BCUT2D eigenvalue weighted by Crippen LogP contribution is -2.56. The number of carboxylic acid groups (broad SMARTS) is 3. The van der Waals surface area contributed by atoms with Crippen LogP contribution in [0.3, 0.4) is 0 Å². The second kappa shape index (κ2) is 18.0. The number of rotatable bonds is 4. The molecule has 2 fully saturated rings. The Balaban J connectivity index is 0.000000467. The summed E-state index contributed by atoms with van der Waals surface area (Å²) in [6.45, 7) is 7.92. The molecular formula is C27H35F9N6O7. The summed E-state index contributed by atoms with van der Waals surface area (Å²) >= 11 is 0. The Kier molecular flexibility index (Phi) is 15.7. The molecule has 4 rings (SSSR count). The molecular weight excluding hydrogens is 691 g/mol. The van der Waals surface area contributed by atoms with Crippen LogP contribution in [-0.2, 0) is 25.6 Å². The van der Waals surface area contributed by atoms with E-state index in [1.54, 1.807) is 0 Å². The number of H-pyrrole nitrogens is 1. The summed E-state index contributed by atoms with van der Waals surface area (Å²) in [4.78, 5) is 46.5. The number of aromatic nitrogens is 2. The highest BCUT2D eigenvalue weighted by atomic mass is 19.4. The van der Waals surface area contributed by atoms with Gasteiger partial charge in [-0.1, -0.05) is 6.07 Å². The summed E-state index contributed by atoms with van der Waals surface area (Å²) < 4.78 is 95.2. The molecule has 0 unspecified atom stereocenters. The molecule has 0 radical (unpaired) electrons. The molecule has 13 nitrogen and oxygen atoms in total. The van der Waals surface area contributed by atoms with Crippen molar-refractivity contribution in [1.82, 2.24) is 24.9 Å². The zero-order valence-corrected chi connectivity index (χ0v) is 26.0. The van der Waals surface area contributed by atoms with Gasteiger partial charge in [0.25, 0.3) is 0 Å². The van der Waals surface area contributed by atoms with Gasteiger partial charge in [-0.15, -0.1) is 0 Å². The minimum Gasteiger partial charge on any atom is -0.475 e. The predicted molar refractivity (Wildman–Crippen MR) is 152 cm³/mol. The maximum atomic E-state index is 12.9. The number of alkyl halides is 9. The summed E-state index contributed by atoms with van der Waals surface area (Å²) in [6, 6.07) is 4.37. The van der Waals surface area contributed by atoms with Crippen molar-refractivity contribution in [1.29, 1.82) is 0 Å². The third-order valence-electron chi connectivity index (χ3n) is 7.14. The van der Waals surface area contributed by atoms with Crippen LogP contribution in [0.4, 0.5) is 39.5 Å². The molecule has 2 saturated heterocycles. The summed E-state index contributed by atoms with van der Waals surface area (Å²) in [7, 11) is 2.19. The third-order valence-corrected chi connectivity index (χ3v) is 7.14. The molecule has 6 N–H and O–H groups in total. The number of aryl methyl sites for hydroxylation is 1. The van der Waals surface area contributed by atoms with Gasteiger partial charge in [0.2, 0.25) is 5.91 Å². The van der Waals surface area contributed by atoms with Crippen LogP contribution in [0.15, 0.2) is 18.3 Å². The van der Waals surface area contributed by atoms with E-state index in [-0.39, 0.29) is 5.91 Å². The number of carboxylic acids is 3. The molecule has 49 heavy (non-hydrogen) atoms. The Bertz CT molecular complexity index is 1340. The molecule has 0 saturated carbocycles. The number of hydrogen-bond acceptors (Lipinski definition) is 8. The van der Waals surface area contributed by atoms with Gasteiger partial charge in [-0.25, -0.2) is 14.4 Å². The number of fused-ring (bicyclic) bond motifs is 1. The smallest absolute Gasteiger partial charge is 0.475 e. The van der Waals surface area contributed by atoms with Gasteiger partial charge < -0.3 is 30.9 Å². The Labute approximate surface area is 272 Å². The molecule has 0 aliphatic carbocycles. The van der Waals surface area contributed by atoms with E-state index < -0.39 is 42.5 Å². The molecule has 0 bridgehead atoms. The van der Waals surface area contributed by atoms with Crippen molar-refractivity contribution in [3.05, 3.63) is 29.5 Å². The van der Waals surface area contributed by atoms with Crippen LogP contribution in [0.1, 0.15) is 24.0 Å². The molecule has 2 aliphatic rings. The van der Waals surface area contributed by atoms with Crippen LogP contribution in [0, 0.1) is 6.92 Å². The number of nitrogens with zero attached hydrogens (tertiary/aromatic N) is 4. The first kappa shape index (κ1) is 42.8. The fourth-order valence-electron chi connectivity index (χ4n) is 4.67. The largest absolute Gasteiger partial charge is 0.490 e. The number of likely N-dealkylation sites (tertiary alicyclic amines) is 1. The summed E-state index contributed by atoms with van der Waals surface area (Å²) in [6.07, 6.45) is -10.4. The normalized spacial score (nSPS) is 17.0. The topological polar surface area (TPSA) is 193 Å². The van der Waals surface area contributed by atoms with Crippen LogP contribution in [0.2, 0.25) is 0 Å². The van der Waals surface area contributed by atoms with Crippen LogP contribution < -0.4 is 5.73 Å². The first-order chi connectivity index (χ1) is 22.3. The van der Waals surface area contributed by atoms with Gasteiger partial charge in [0.15, 0.2) is 0 Å². The number of aliphatic carboxylic acids is 3. The standard InChI is InChI=1S/C21H32N6O.3C2HF3O2/c1-15-11-16(12-17-14-23-24-20(15)17)13-19(22)21(28)27-9-7-26(8-10-27)18-3-5-25(2)6-4-18;3*3-2(4,5)1(6)7/h11-12,14,18-19H,3-10,13,22H2,1-2H3,(H,23,24);3*(H,6,7)/t19-;;;/m1.../s1. The number of piperidine rings is 1. The Morgan fingerprint density at radius 1 is 0.837 bits per heavy atom. The van der Waals surface area contributed by atoms with Crippen LogP contribution in [0.5, 0.6) is 0 Å². The van der Waals surface area contributed by atoms with E-state index in [1.807, 2.05) is 11.1 Å². The van der Waals surface area contributed by atoms with Crippen molar-refractivity contribution in [3.8, 4) is 0 Å². The number of benzene rings is 1. The maximum absolute atomic E-state index is 12.9. The number of piperazine rings is 1. The first-order valence-electron chi connectivity index (χ1n) is 14.1. The summed E-state index contributed by atoms with van der Waals surface area (Å²) in [5, 5.41) is 29.6. The number of aromatic amines is 1. The highest BCUT2D eigenvalue weighted by Crippen LogP contribution is 2.21. The van der Waals surface area contributed by atoms with Crippen LogP contribution in [0.25, 0.3) is 10.9 Å². The Hall–Kier alpha value is -4.18. The number of carbonyl (C=O) groups is 4. The average Bonchev–Trinajstić information content (AvgIpc) is 3.46. The predicted octanol–water partition coefficient (Wildman–Crippen LogP) is 2.88. The fourth-order valence-corrected chi connectivity index (χ4v) is 4.67. The van der Waals surface area contributed by atoms with Gasteiger partial charge in [-0.2, -0.15) is 44.6 Å². The van der Waals surface area contributed by atoms with Gasteiger partial charge in [0, 0.05) is 37.6 Å². The minimum atomic E-state index is -5.08. The molecule has 1 atom stereocenters. The molecule has 2 aliphatic heterocycles. The number of carbonyl (C=O) groups excluding carboxylic acids is 1. The number of hydrogen-bond donors (Lipinski definition) is 5. The van der Waals surface area contributed by atoms with E-state index in [0.717, 1.165) is 48.2 Å². The number of nitrogens with two attached hydrogens (primary N) is 1. The van der Waals surface area contributed by atoms with Crippen LogP contribution >= 0.6 is 0 Å². The molecule has 278 valence electrons. The van der Waals surface area contributed by atoms with E-state index in [0.29, 0.717) is 12.5 Å². The minimum absolute atomic E-state index is 0.0768. The van der Waals surface area contributed by atoms with Gasteiger partial charge in [0.1, 0.15) is 0 Å². The quantitative estimate of drug-likeness (QED) is 0.291. The van der Waals surface area contributed by atoms with Gasteiger partial charge >= 0.3 is 36.4 Å². The number of amides is 1. The van der Waals surface area contributed by atoms with E-state index in [2.05, 4.69) is 46.1 Å². The molecule has 1 amide bonds. The van der Waals surface area contributed by atoms with Crippen molar-refractivity contribution in [2.45, 2.75) is 56.8 Å². The van der Waals surface area contributed by atoms with Crippen molar-refractivity contribution in [3.63, 3.8) is 0 Å². The molecule has 1 aromatic heterocycles. The summed E-state index contributed by atoms with van der Waals surface area (Å²) in [5.41, 5.74) is 9.59. The fraction of sp³-hybridized carbons (Fsp3) is 0.593. The monoisotopic (exact) mass is 726 g/mol. The molecule has 22 heteroatoms. The van der Waals surface area contributed by atoms with E-state index in [4.69, 9.17) is 35.4 Å². The van der Waals surface area contributed by atoms with Crippen molar-refractivity contribution >= 4 is 34.7 Å². The third kappa shape index (κ3) is 14.9. The SMILES string of the molecule is Cc1cc(C[C@@H](N)C(=O)N2CCN(C3CCN(C)CC3)CC2)cc2cn[nH]c12.O=C(O)C(F)(F)F.O=C(O)C(F)(F)F.O=C(O)C(F)(F)F. The van der Waals surface area contributed by atoms with Gasteiger partial charge in [0.05, 0.1) is 17.8 Å². The van der Waals surface area contributed by atoms with E-state index in [9.17, 15) is 44.3 Å². The average molecular weight is 727 g/mol. The Morgan fingerprint density at radius 2 is 1.27 bits per heavy atom. The van der Waals surface area contributed by atoms with Crippen molar-refractivity contribution in [2.75, 3.05) is 46.3 Å². The highest BCUT2D eigenvalue weighted by Gasteiger charge is 2.39. The van der Waals surface area contributed by atoms with Crippen molar-refractivity contribution < 1.29 is 74.0 Å². The van der Waals surface area contributed by atoms with Crippen LogP contribution in [-0.4, -0.2) is 141 Å². The van der Waals surface area contributed by atoms with E-state index >= 15 is 0 Å². The zero-order valence-electron chi connectivity index (χ0n) is 26.0. The van der Waals surface area contributed by atoms with Gasteiger partial charge in [-0.05, 0) is 63.5 Å². The second-order valence-electron chi connectivity index (χ2n) is 10.9. The molecule has 0 spiro atoms. The van der Waals surface area contributed by atoms with Gasteiger partial charge in [-0.3, -0.25) is 14.8 Å². The lowest BCUT2D eigenvalue weighted by molar-refractivity contribution is -0.193. The van der Waals surface area contributed by atoms with Crippen molar-refractivity contribution in [2.24, 2.45) is 5.73 Å². The second-order valence-corrected chi connectivity index (χ2v) is 10.9. The molecule has 3 heterocycles. The summed E-state index contributed by atoms with van der Waals surface area (Å²) in [5.74, 6) is -8.19. The number of halogens is 9. The number of nitrogens with one attached hydrogen (secondary N) is 1. The molecule has 1 aromatic carbocycles. The lowest BCUT2D eigenvalue weighted by Gasteiger charge is -2.42. The lowest BCUT2D eigenvalue weighted by atomic mass is 10.0.